The van der Waals surface area contributed by atoms with E-state index in [1.807, 2.05) is 66.4 Å². The number of aliphatic hydroxyl groups is 1. The molecule has 0 radical (unpaired) electrons. The molecule has 0 unspecified atom stereocenters. The number of hydrogen-bond donors (Lipinski definition) is 1. The van der Waals surface area contributed by atoms with Crippen LogP contribution in [-0.2, 0) is 16.8 Å². The molecule has 0 bridgehead atoms. The molecule has 2 aliphatic heterocycles. The minimum atomic E-state index is -1.53. The van der Waals surface area contributed by atoms with Crippen LogP contribution < -0.4 is 4.90 Å². The number of hydrogen-bond acceptors (Lipinski definition) is 3. The fourth-order valence-electron chi connectivity index (χ4n) is 4.16. The normalized spacial score (nSPS) is 28.9. The monoisotopic (exact) mass is 308 g/mol. The van der Waals surface area contributed by atoms with Crippen molar-refractivity contribution in [2.75, 3.05) is 18.5 Å². The van der Waals surface area contributed by atoms with Gasteiger partial charge in [-0.25, -0.2) is 0 Å². The molecule has 2 heterocycles. The second kappa shape index (κ2) is 4.59. The molecule has 4 heteroatoms. The fraction of sp³-hybridized carbons (Fsp3) is 0.316. The molecule has 2 aromatic carbocycles. The number of amides is 1. The maximum atomic E-state index is 12.8. The molecular weight excluding hydrogens is 288 g/mol. The minimum Gasteiger partial charge on any atom is -0.362 e. The quantitative estimate of drug-likeness (QED) is 0.924. The summed E-state index contributed by atoms with van der Waals surface area (Å²) < 4.78 is 0. The zero-order valence-corrected chi connectivity index (χ0v) is 13.4. The van der Waals surface area contributed by atoms with E-state index < -0.39 is 11.1 Å². The zero-order chi connectivity index (χ0) is 16.2. The number of likely N-dealkylation sites (N-methyl/N-ethyl adjacent to an activating group) is 1. The Bertz CT molecular complexity index is 776. The van der Waals surface area contributed by atoms with Crippen LogP contribution in [0.1, 0.15) is 18.1 Å². The molecule has 1 saturated heterocycles. The zero-order valence-electron chi connectivity index (χ0n) is 13.4. The standard InChI is InChI=1S/C19H20N2O2/c1-18-13-20(2)17(22)19(18,23)21(12-14-8-4-3-5-9-14)16-11-7-6-10-15(16)18/h3-11,23H,12-13H2,1-2H3/t18-,19+/m0/s1. The molecule has 4 nitrogen and oxygen atoms in total. The van der Waals surface area contributed by atoms with Crippen LogP contribution in [0.3, 0.4) is 0 Å². The number of carbonyl (C=O) groups excluding carboxylic acids is 1. The fourth-order valence-corrected chi connectivity index (χ4v) is 4.16. The molecule has 0 aliphatic carbocycles. The van der Waals surface area contributed by atoms with Crippen LogP contribution in [0.2, 0.25) is 0 Å². The summed E-state index contributed by atoms with van der Waals surface area (Å²) in [5.41, 5.74) is 0.909. The van der Waals surface area contributed by atoms with Crippen molar-refractivity contribution in [2.24, 2.45) is 0 Å². The summed E-state index contributed by atoms with van der Waals surface area (Å²) >= 11 is 0. The molecule has 1 N–H and O–H groups in total. The van der Waals surface area contributed by atoms with Crippen molar-refractivity contribution in [1.82, 2.24) is 4.90 Å². The summed E-state index contributed by atoms with van der Waals surface area (Å²) in [5, 5.41) is 11.5. The highest BCUT2D eigenvalue weighted by molar-refractivity contribution is 5.96. The second-order valence-corrected chi connectivity index (χ2v) is 6.75. The van der Waals surface area contributed by atoms with Gasteiger partial charge in [-0.05, 0) is 24.1 Å². The van der Waals surface area contributed by atoms with E-state index in [1.165, 1.54) is 0 Å². The van der Waals surface area contributed by atoms with E-state index in [-0.39, 0.29) is 5.91 Å². The summed E-state index contributed by atoms with van der Waals surface area (Å²) in [6.07, 6.45) is 0. The van der Waals surface area contributed by atoms with E-state index >= 15 is 0 Å². The van der Waals surface area contributed by atoms with Gasteiger partial charge in [0.2, 0.25) is 5.72 Å². The molecule has 4 rings (SSSR count). The Morgan fingerprint density at radius 1 is 1.09 bits per heavy atom. The lowest BCUT2D eigenvalue weighted by Crippen LogP contribution is -2.59. The summed E-state index contributed by atoms with van der Waals surface area (Å²) in [4.78, 5) is 16.3. The number of anilines is 1. The summed E-state index contributed by atoms with van der Waals surface area (Å²) in [6.45, 7) is 3.01. The van der Waals surface area contributed by atoms with Gasteiger partial charge in [0.05, 0.1) is 5.41 Å². The van der Waals surface area contributed by atoms with Crippen LogP contribution in [0, 0.1) is 0 Å². The van der Waals surface area contributed by atoms with E-state index in [9.17, 15) is 9.90 Å². The van der Waals surface area contributed by atoms with Gasteiger partial charge in [-0.1, -0.05) is 48.5 Å². The lowest BCUT2D eigenvalue weighted by Gasteiger charge is -2.37. The number of rotatable bonds is 2. The van der Waals surface area contributed by atoms with E-state index in [0.717, 1.165) is 16.8 Å². The lowest BCUT2D eigenvalue weighted by atomic mass is 9.78. The number of fused-ring (bicyclic) bond motifs is 3. The number of para-hydroxylation sites is 1. The van der Waals surface area contributed by atoms with Crippen LogP contribution in [0.5, 0.6) is 0 Å². The van der Waals surface area contributed by atoms with Gasteiger partial charge in [0.15, 0.2) is 0 Å². The molecule has 2 aliphatic rings. The van der Waals surface area contributed by atoms with Crippen LogP contribution >= 0.6 is 0 Å². The molecule has 2 atom stereocenters. The molecule has 1 amide bonds. The van der Waals surface area contributed by atoms with Crippen molar-refractivity contribution < 1.29 is 9.90 Å². The van der Waals surface area contributed by atoms with Crippen molar-refractivity contribution in [2.45, 2.75) is 24.6 Å². The first-order valence-corrected chi connectivity index (χ1v) is 7.87. The maximum absolute atomic E-state index is 12.8. The minimum absolute atomic E-state index is 0.230. The molecule has 118 valence electrons. The van der Waals surface area contributed by atoms with Gasteiger partial charge in [0.1, 0.15) is 0 Å². The van der Waals surface area contributed by atoms with Crippen molar-refractivity contribution in [3.8, 4) is 0 Å². The third-order valence-corrected chi connectivity index (χ3v) is 5.33. The number of likely N-dealkylation sites (tertiary alicyclic amines) is 1. The van der Waals surface area contributed by atoms with Crippen molar-refractivity contribution in [1.29, 1.82) is 0 Å². The molecule has 0 aromatic heterocycles. The van der Waals surface area contributed by atoms with Gasteiger partial charge in [-0.3, -0.25) is 4.79 Å². The van der Waals surface area contributed by atoms with Crippen LogP contribution in [-0.4, -0.2) is 35.2 Å². The summed E-state index contributed by atoms with van der Waals surface area (Å²) in [6, 6.07) is 17.9. The highest BCUT2D eigenvalue weighted by atomic mass is 16.3. The topological polar surface area (TPSA) is 43.8 Å². The Balaban J connectivity index is 1.88. The molecule has 0 saturated carbocycles. The Labute approximate surface area is 136 Å². The summed E-state index contributed by atoms with van der Waals surface area (Å²) in [7, 11) is 1.76. The van der Waals surface area contributed by atoms with E-state index in [4.69, 9.17) is 0 Å². The number of nitrogens with zero attached hydrogens (tertiary/aromatic N) is 2. The maximum Gasteiger partial charge on any atom is 0.276 e. The Morgan fingerprint density at radius 2 is 1.74 bits per heavy atom. The lowest BCUT2D eigenvalue weighted by molar-refractivity contribution is -0.144. The average Bonchev–Trinajstić information content (AvgIpc) is 2.86. The van der Waals surface area contributed by atoms with Crippen LogP contribution in [0.15, 0.2) is 54.6 Å². The van der Waals surface area contributed by atoms with Gasteiger partial charge >= 0.3 is 0 Å². The molecule has 0 spiro atoms. The van der Waals surface area contributed by atoms with Crippen molar-refractivity contribution in [3.05, 3.63) is 65.7 Å². The predicted molar refractivity (Wildman–Crippen MR) is 89.0 cm³/mol. The largest absolute Gasteiger partial charge is 0.362 e. The SMILES string of the molecule is CN1C[C@@]2(C)c3ccccc3N(Cc3ccccc3)[C@@]2(O)C1=O. The van der Waals surface area contributed by atoms with Gasteiger partial charge in [-0.15, -0.1) is 0 Å². The molecule has 2 aromatic rings. The molecular formula is C19H20N2O2. The van der Waals surface area contributed by atoms with Crippen LogP contribution in [0.4, 0.5) is 5.69 Å². The molecule has 1 fully saturated rings. The van der Waals surface area contributed by atoms with Gasteiger partial charge in [0.25, 0.3) is 5.91 Å². The average molecular weight is 308 g/mol. The number of carbonyl (C=O) groups is 1. The molecule has 23 heavy (non-hydrogen) atoms. The van der Waals surface area contributed by atoms with Crippen molar-refractivity contribution in [3.63, 3.8) is 0 Å². The van der Waals surface area contributed by atoms with Crippen molar-refractivity contribution >= 4 is 11.6 Å². The van der Waals surface area contributed by atoms with Gasteiger partial charge in [0, 0.05) is 25.8 Å². The van der Waals surface area contributed by atoms with E-state index in [1.54, 1.807) is 11.9 Å². The third kappa shape index (κ3) is 1.67. The van der Waals surface area contributed by atoms with Crippen LogP contribution in [0.25, 0.3) is 0 Å². The smallest absolute Gasteiger partial charge is 0.276 e. The van der Waals surface area contributed by atoms with E-state index in [0.29, 0.717) is 13.1 Å². The third-order valence-electron chi connectivity index (χ3n) is 5.33. The Kier molecular flexibility index (Phi) is 2.85. The first-order chi connectivity index (χ1) is 11.0. The Morgan fingerprint density at radius 3 is 2.48 bits per heavy atom. The highest BCUT2D eigenvalue weighted by Gasteiger charge is 2.68. The van der Waals surface area contributed by atoms with Gasteiger partial charge < -0.3 is 14.9 Å². The first-order valence-electron chi connectivity index (χ1n) is 7.87. The highest BCUT2D eigenvalue weighted by Crippen LogP contribution is 2.55. The second-order valence-electron chi connectivity index (χ2n) is 6.75. The predicted octanol–water partition coefficient (Wildman–Crippen LogP) is 2.13. The summed E-state index contributed by atoms with van der Waals surface area (Å²) in [5.74, 6) is -0.230. The van der Waals surface area contributed by atoms with E-state index in [2.05, 4.69) is 0 Å². The first kappa shape index (κ1) is 14.3. The van der Waals surface area contributed by atoms with Gasteiger partial charge in [-0.2, -0.15) is 0 Å². The number of benzene rings is 2. The Hall–Kier alpha value is -2.33.